The highest BCUT2D eigenvalue weighted by Gasteiger charge is 2.37. The third-order valence-corrected chi connectivity index (χ3v) is 3.79. The Morgan fingerprint density at radius 1 is 1.20 bits per heavy atom. The molecule has 1 aromatic rings. The van der Waals surface area contributed by atoms with Crippen molar-refractivity contribution in [1.82, 2.24) is 10.2 Å². The number of carbonyl (C=O) groups excluding carboxylic acids is 3. The van der Waals surface area contributed by atoms with Crippen LogP contribution in [-0.4, -0.2) is 40.3 Å². The van der Waals surface area contributed by atoms with E-state index in [9.17, 15) is 19.5 Å². The summed E-state index contributed by atoms with van der Waals surface area (Å²) in [5, 5.41) is 11.8. The fourth-order valence-electron chi connectivity index (χ4n) is 2.76. The Balaban J connectivity index is 1.88. The maximum Gasteiger partial charge on any atom is 0.254 e. The Kier molecular flexibility index (Phi) is 2.93. The third kappa shape index (κ3) is 2.03. The Morgan fingerprint density at radius 2 is 2.00 bits per heavy atom. The van der Waals surface area contributed by atoms with E-state index in [0.29, 0.717) is 24.9 Å². The van der Waals surface area contributed by atoms with Gasteiger partial charge in [-0.15, -0.1) is 0 Å². The highest BCUT2D eigenvalue weighted by molar-refractivity contribution is 6.04. The maximum absolute atomic E-state index is 12.4. The number of carbonyl (C=O) groups is 3. The van der Waals surface area contributed by atoms with Crippen LogP contribution in [0.2, 0.25) is 0 Å². The van der Waals surface area contributed by atoms with Crippen molar-refractivity contribution in [2.24, 2.45) is 0 Å². The molecule has 20 heavy (non-hydrogen) atoms. The van der Waals surface area contributed by atoms with Gasteiger partial charge in [0.1, 0.15) is 11.8 Å². The molecule has 1 fully saturated rings. The van der Waals surface area contributed by atoms with Gasteiger partial charge in [-0.3, -0.25) is 19.7 Å². The van der Waals surface area contributed by atoms with Crippen molar-refractivity contribution in [3.63, 3.8) is 0 Å². The molecule has 0 radical (unpaired) electrons. The number of hydrogen-bond donors (Lipinski definition) is 2. The monoisotopic (exact) mass is 274 g/mol. The second-order valence-corrected chi connectivity index (χ2v) is 5.06. The first-order valence-electron chi connectivity index (χ1n) is 6.53. The van der Waals surface area contributed by atoms with Gasteiger partial charge in [0.15, 0.2) is 0 Å². The molecule has 1 unspecified atom stereocenters. The van der Waals surface area contributed by atoms with Crippen molar-refractivity contribution in [2.45, 2.75) is 25.3 Å². The van der Waals surface area contributed by atoms with E-state index in [1.54, 1.807) is 12.1 Å². The molecule has 0 spiro atoms. The second kappa shape index (κ2) is 4.63. The van der Waals surface area contributed by atoms with E-state index < -0.39 is 11.9 Å². The number of nitrogens with one attached hydrogen (secondary N) is 1. The largest absolute Gasteiger partial charge is 0.508 e. The summed E-state index contributed by atoms with van der Waals surface area (Å²) in [6.45, 7) is 0.447. The molecule has 2 aliphatic rings. The number of fused-ring (bicyclic) bond motifs is 1. The fraction of sp³-hybridized carbons (Fsp3) is 0.357. The van der Waals surface area contributed by atoms with E-state index >= 15 is 0 Å². The molecule has 1 aromatic carbocycles. The highest BCUT2D eigenvalue weighted by Crippen LogP contribution is 2.26. The zero-order valence-corrected chi connectivity index (χ0v) is 10.8. The van der Waals surface area contributed by atoms with E-state index in [2.05, 4.69) is 5.32 Å². The van der Waals surface area contributed by atoms with Crippen molar-refractivity contribution in [2.75, 3.05) is 6.54 Å². The van der Waals surface area contributed by atoms with Gasteiger partial charge in [-0.1, -0.05) is 6.07 Å². The van der Waals surface area contributed by atoms with E-state index in [-0.39, 0.29) is 24.0 Å². The molecule has 3 amide bonds. The van der Waals surface area contributed by atoms with E-state index in [4.69, 9.17) is 0 Å². The molecule has 2 heterocycles. The fourth-order valence-corrected chi connectivity index (χ4v) is 2.76. The van der Waals surface area contributed by atoms with Crippen LogP contribution in [0.25, 0.3) is 0 Å². The zero-order valence-electron chi connectivity index (χ0n) is 10.8. The predicted molar refractivity (Wildman–Crippen MR) is 69.0 cm³/mol. The molecule has 2 aliphatic heterocycles. The minimum absolute atomic E-state index is 0.0298. The van der Waals surface area contributed by atoms with Crippen LogP contribution in [0.15, 0.2) is 18.2 Å². The molecule has 2 N–H and O–H groups in total. The Labute approximate surface area is 115 Å². The molecule has 3 rings (SSSR count). The summed E-state index contributed by atoms with van der Waals surface area (Å²) in [7, 11) is 0. The Hall–Kier alpha value is -2.37. The number of amides is 3. The Morgan fingerprint density at radius 3 is 2.75 bits per heavy atom. The molecular weight excluding hydrogens is 260 g/mol. The van der Waals surface area contributed by atoms with Crippen LogP contribution in [0, 0.1) is 0 Å². The van der Waals surface area contributed by atoms with Crippen LogP contribution in [0.5, 0.6) is 5.75 Å². The van der Waals surface area contributed by atoms with Gasteiger partial charge in [-0.05, 0) is 30.5 Å². The van der Waals surface area contributed by atoms with Gasteiger partial charge < -0.3 is 10.0 Å². The number of phenolic OH excluding ortho intramolecular Hbond substituents is 1. The van der Waals surface area contributed by atoms with Gasteiger partial charge >= 0.3 is 0 Å². The number of rotatable bonds is 1. The van der Waals surface area contributed by atoms with E-state index in [1.807, 2.05) is 0 Å². The number of hydrogen-bond acceptors (Lipinski definition) is 4. The first-order chi connectivity index (χ1) is 9.56. The molecule has 0 aliphatic carbocycles. The summed E-state index contributed by atoms with van der Waals surface area (Å²) in [5.74, 6) is -0.953. The number of benzene rings is 1. The summed E-state index contributed by atoms with van der Waals surface area (Å²) in [6, 6.07) is 4.10. The average molecular weight is 274 g/mol. The van der Waals surface area contributed by atoms with Gasteiger partial charge in [0.05, 0.1) is 0 Å². The van der Waals surface area contributed by atoms with Crippen LogP contribution in [-0.2, 0) is 16.0 Å². The van der Waals surface area contributed by atoms with Crippen LogP contribution < -0.4 is 5.32 Å². The lowest BCUT2D eigenvalue weighted by Gasteiger charge is -2.36. The smallest absolute Gasteiger partial charge is 0.254 e. The Bertz CT molecular complexity index is 611. The molecule has 0 saturated carbocycles. The summed E-state index contributed by atoms with van der Waals surface area (Å²) in [6.07, 6.45) is 1.23. The van der Waals surface area contributed by atoms with Gasteiger partial charge in [0.25, 0.3) is 5.91 Å². The van der Waals surface area contributed by atoms with Gasteiger partial charge in [-0.25, -0.2) is 0 Å². The number of nitrogens with zero attached hydrogens (tertiary/aromatic N) is 1. The zero-order chi connectivity index (χ0) is 14.3. The first-order valence-corrected chi connectivity index (χ1v) is 6.53. The highest BCUT2D eigenvalue weighted by atomic mass is 16.3. The van der Waals surface area contributed by atoms with Crippen molar-refractivity contribution >= 4 is 17.7 Å². The minimum Gasteiger partial charge on any atom is -0.508 e. The van der Waals surface area contributed by atoms with E-state index in [1.165, 1.54) is 11.0 Å². The van der Waals surface area contributed by atoms with Crippen molar-refractivity contribution in [3.8, 4) is 5.75 Å². The summed E-state index contributed by atoms with van der Waals surface area (Å²) >= 11 is 0. The number of aromatic hydroxyl groups is 1. The third-order valence-electron chi connectivity index (χ3n) is 3.79. The molecule has 1 atom stereocenters. The topological polar surface area (TPSA) is 86.7 Å². The maximum atomic E-state index is 12.4. The summed E-state index contributed by atoms with van der Waals surface area (Å²) in [5.41, 5.74) is 1.30. The van der Waals surface area contributed by atoms with Crippen LogP contribution in [0.4, 0.5) is 0 Å². The van der Waals surface area contributed by atoms with Crippen LogP contribution >= 0.6 is 0 Å². The average Bonchev–Trinajstić information content (AvgIpc) is 2.41. The van der Waals surface area contributed by atoms with Gasteiger partial charge in [0, 0.05) is 18.5 Å². The lowest BCUT2D eigenvalue weighted by Crippen LogP contribution is -2.55. The van der Waals surface area contributed by atoms with Crippen molar-refractivity contribution in [3.05, 3.63) is 29.3 Å². The number of imide groups is 1. The van der Waals surface area contributed by atoms with Crippen LogP contribution in [0.3, 0.4) is 0 Å². The molecule has 6 heteroatoms. The standard InChI is InChI=1S/C14H14N2O4/c17-9-2-1-8-5-6-16(14(20)10(8)7-9)11-3-4-12(18)15-13(11)19/h1-2,7,11,17H,3-6H2,(H,15,18,19). The molecule has 0 bridgehead atoms. The lowest BCUT2D eigenvalue weighted by molar-refractivity contribution is -0.136. The normalized spacial score (nSPS) is 22.5. The van der Waals surface area contributed by atoms with Gasteiger partial charge in [0.2, 0.25) is 11.8 Å². The summed E-state index contributed by atoms with van der Waals surface area (Å²) < 4.78 is 0. The molecular formula is C14H14N2O4. The van der Waals surface area contributed by atoms with E-state index in [0.717, 1.165) is 5.56 Å². The van der Waals surface area contributed by atoms with Gasteiger partial charge in [-0.2, -0.15) is 0 Å². The molecule has 104 valence electrons. The lowest BCUT2D eigenvalue weighted by atomic mass is 9.95. The number of phenols is 1. The SMILES string of the molecule is O=C1CCC(N2CCc3ccc(O)cc3C2=O)C(=O)N1. The molecule has 1 saturated heterocycles. The van der Waals surface area contributed by atoms with Crippen LogP contribution in [0.1, 0.15) is 28.8 Å². The second-order valence-electron chi connectivity index (χ2n) is 5.06. The first kappa shape index (κ1) is 12.7. The summed E-state index contributed by atoms with van der Waals surface area (Å²) in [4.78, 5) is 36.9. The molecule has 0 aromatic heterocycles. The van der Waals surface area contributed by atoms with Crippen molar-refractivity contribution in [1.29, 1.82) is 0 Å². The van der Waals surface area contributed by atoms with Crippen molar-refractivity contribution < 1.29 is 19.5 Å². The number of piperidine rings is 1. The quantitative estimate of drug-likeness (QED) is 0.716. The predicted octanol–water partition coefficient (Wildman–Crippen LogP) is 0.196. The minimum atomic E-state index is -0.601. The molecule has 6 nitrogen and oxygen atoms in total.